The predicted octanol–water partition coefficient (Wildman–Crippen LogP) is 3.51. The van der Waals surface area contributed by atoms with Crippen LogP contribution in [0.1, 0.15) is 34.9 Å². The number of anilines is 1. The van der Waals surface area contributed by atoms with Crippen molar-refractivity contribution < 1.29 is 4.79 Å². The van der Waals surface area contributed by atoms with Gasteiger partial charge in [-0.15, -0.1) is 0 Å². The summed E-state index contributed by atoms with van der Waals surface area (Å²) in [6.45, 7) is 5.37. The zero-order valence-corrected chi connectivity index (χ0v) is 16.4. The Morgan fingerprint density at radius 1 is 1.14 bits per heavy atom. The van der Waals surface area contributed by atoms with E-state index < -0.39 is 0 Å². The van der Waals surface area contributed by atoms with Crippen LogP contribution in [0.4, 0.5) is 5.69 Å². The Balaban J connectivity index is 1.52. The van der Waals surface area contributed by atoms with E-state index in [9.17, 15) is 4.79 Å². The number of carbonyl (C=O) groups excluding carboxylic acids is 1. The summed E-state index contributed by atoms with van der Waals surface area (Å²) >= 11 is 0. The molecule has 28 heavy (non-hydrogen) atoms. The van der Waals surface area contributed by atoms with Gasteiger partial charge in [-0.25, -0.2) is 4.68 Å². The summed E-state index contributed by atoms with van der Waals surface area (Å²) in [6, 6.07) is 18.3. The molecule has 1 aromatic heterocycles. The molecular weight excluding hydrogens is 348 g/mol. The van der Waals surface area contributed by atoms with Gasteiger partial charge < -0.3 is 10.6 Å². The van der Waals surface area contributed by atoms with E-state index >= 15 is 0 Å². The first-order valence-corrected chi connectivity index (χ1v) is 9.78. The largest absolute Gasteiger partial charge is 0.330 e. The van der Waals surface area contributed by atoms with Gasteiger partial charge in [-0.1, -0.05) is 30.3 Å². The van der Waals surface area contributed by atoms with Gasteiger partial charge in [0.1, 0.15) is 0 Å². The zero-order chi connectivity index (χ0) is 19.7. The van der Waals surface area contributed by atoms with Crippen LogP contribution < -0.4 is 10.6 Å². The third-order valence-corrected chi connectivity index (χ3v) is 5.50. The second kappa shape index (κ2) is 7.60. The van der Waals surface area contributed by atoms with Crippen LogP contribution in [0.2, 0.25) is 0 Å². The Hall–Kier alpha value is -2.92. The third-order valence-electron chi connectivity index (χ3n) is 5.50. The maximum absolute atomic E-state index is 13.0. The van der Waals surface area contributed by atoms with Crippen molar-refractivity contribution in [2.45, 2.75) is 32.6 Å². The van der Waals surface area contributed by atoms with Gasteiger partial charge in [0.05, 0.1) is 17.8 Å². The van der Waals surface area contributed by atoms with Gasteiger partial charge in [-0.05, 0) is 68.1 Å². The molecule has 0 radical (unpaired) electrons. The van der Waals surface area contributed by atoms with E-state index in [0.717, 1.165) is 41.3 Å². The molecule has 0 aliphatic carbocycles. The average molecular weight is 374 g/mol. The van der Waals surface area contributed by atoms with Gasteiger partial charge in [0.2, 0.25) is 5.91 Å². The lowest BCUT2D eigenvalue weighted by molar-refractivity contribution is -0.118. The van der Waals surface area contributed by atoms with Crippen LogP contribution in [-0.2, 0) is 11.2 Å². The summed E-state index contributed by atoms with van der Waals surface area (Å²) in [7, 11) is 0. The van der Waals surface area contributed by atoms with Crippen molar-refractivity contribution in [2.24, 2.45) is 5.73 Å². The summed E-state index contributed by atoms with van der Waals surface area (Å²) in [5.74, 6) is 0.460. The molecule has 2 aromatic carbocycles. The molecule has 1 aliphatic heterocycles. The molecule has 0 bridgehead atoms. The highest BCUT2D eigenvalue weighted by atomic mass is 16.2. The van der Waals surface area contributed by atoms with E-state index in [0.29, 0.717) is 18.9 Å². The number of nitrogens with zero attached hydrogens (tertiary/aromatic N) is 3. The van der Waals surface area contributed by atoms with Crippen LogP contribution in [-0.4, -0.2) is 28.8 Å². The van der Waals surface area contributed by atoms with Crippen LogP contribution in [0.5, 0.6) is 0 Å². The molecule has 5 heteroatoms. The van der Waals surface area contributed by atoms with Gasteiger partial charge in [0.15, 0.2) is 0 Å². The molecule has 2 heterocycles. The lowest BCUT2D eigenvalue weighted by Crippen LogP contribution is -2.38. The first kappa shape index (κ1) is 18.4. The number of aromatic nitrogens is 2. The Morgan fingerprint density at radius 2 is 1.89 bits per heavy atom. The maximum atomic E-state index is 13.0. The summed E-state index contributed by atoms with van der Waals surface area (Å²) in [6.07, 6.45) is 1.30. The minimum Gasteiger partial charge on any atom is -0.330 e. The van der Waals surface area contributed by atoms with Crippen molar-refractivity contribution in [2.75, 3.05) is 18.0 Å². The molecule has 5 nitrogen and oxygen atoms in total. The summed E-state index contributed by atoms with van der Waals surface area (Å²) in [5.41, 5.74) is 12.2. The van der Waals surface area contributed by atoms with E-state index in [4.69, 9.17) is 5.73 Å². The fraction of sp³-hybridized carbons (Fsp3) is 0.304. The summed E-state index contributed by atoms with van der Waals surface area (Å²) in [4.78, 5) is 14.9. The number of amides is 1. The van der Waals surface area contributed by atoms with Crippen LogP contribution in [0.15, 0.2) is 54.6 Å². The van der Waals surface area contributed by atoms with Gasteiger partial charge in [-0.2, -0.15) is 5.10 Å². The fourth-order valence-corrected chi connectivity index (χ4v) is 4.06. The smallest absolute Gasteiger partial charge is 0.231 e. The summed E-state index contributed by atoms with van der Waals surface area (Å²) < 4.78 is 1.93. The minimum atomic E-state index is 0.127. The van der Waals surface area contributed by atoms with E-state index in [1.165, 1.54) is 5.56 Å². The number of aryl methyl sites for hydroxylation is 2. The van der Waals surface area contributed by atoms with Crippen molar-refractivity contribution in [1.29, 1.82) is 0 Å². The molecule has 0 spiro atoms. The lowest BCUT2D eigenvalue weighted by Gasteiger charge is -2.34. The van der Waals surface area contributed by atoms with E-state index in [1.54, 1.807) is 0 Å². The molecule has 3 aromatic rings. The molecule has 1 aliphatic rings. The number of hydrogen-bond donors (Lipinski definition) is 1. The number of hydrogen-bond acceptors (Lipinski definition) is 3. The molecule has 2 N–H and O–H groups in total. The Kier molecular flexibility index (Phi) is 5.01. The molecule has 144 valence electrons. The van der Waals surface area contributed by atoms with Crippen LogP contribution >= 0.6 is 0 Å². The SMILES string of the molecule is Cc1cc(C)n(-c2ccc(CC(=O)N3CCC(CN)c4ccccc43)cc2)n1. The third kappa shape index (κ3) is 3.45. The monoisotopic (exact) mass is 374 g/mol. The van der Waals surface area contributed by atoms with Gasteiger partial charge >= 0.3 is 0 Å². The lowest BCUT2D eigenvalue weighted by atomic mass is 9.89. The van der Waals surface area contributed by atoms with Gasteiger partial charge in [0.25, 0.3) is 0 Å². The van der Waals surface area contributed by atoms with E-state index in [2.05, 4.69) is 17.2 Å². The standard InChI is InChI=1S/C23H26N4O/c1-16-13-17(2)27(25-16)20-9-7-18(8-10-20)14-23(28)26-12-11-19(15-24)21-5-3-4-6-22(21)26/h3-10,13,19H,11-12,14-15,24H2,1-2H3. The molecule has 1 amide bonds. The van der Waals surface area contributed by atoms with E-state index in [-0.39, 0.29) is 5.91 Å². The minimum absolute atomic E-state index is 0.127. The number of rotatable bonds is 4. The number of nitrogens with two attached hydrogens (primary N) is 1. The molecular formula is C23H26N4O. The molecule has 0 fully saturated rings. The van der Waals surface area contributed by atoms with Crippen molar-refractivity contribution in [1.82, 2.24) is 9.78 Å². The highest BCUT2D eigenvalue weighted by Crippen LogP contribution is 2.34. The fourth-order valence-electron chi connectivity index (χ4n) is 4.06. The maximum Gasteiger partial charge on any atom is 0.231 e. The quantitative estimate of drug-likeness (QED) is 0.760. The Bertz CT molecular complexity index is 990. The van der Waals surface area contributed by atoms with Crippen molar-refractivity contribution in [3.8, 4) is 5.69 Å². The highest BCUT2D eigenvalue weighted by molar-refractivity contribution is 5.96. The van der Waals surface area contributed by atoms with Crippen LogP contribution in [0.25, 0.3) is 5.69 Å². The second-order valence-electron chi connectivity index (χ2n) is 7.51. The van der Waals surface area contributed by atoms with Crippen molar-refractivity contribution in [3.63, 3.8) is 0 Å². The van der Waals surface area contributed by atoms with Crippen molar-refractivity contribution >= 4 is 11.6 Å². The molecule has 0 saturated carbocycles. The first-order chi connectivity index (χ1) is 13.6. The van der Waals surface area contributed by atoms with Crippen LogP contribution in [0.3, 0.4) is 0 Å². The Labute approximate surface area is 165 Å². The van der Waals surface area contributed by atoms with Crippen LogP contribution in [0, 0.1) is 13.8 Å². The van der Waals surface area contributed by atoms with Gasteiger partial charge in [-0.3, -0.25) is 4.79 Å². The molecule has 1 unspecified atom stereocenters. The van der Waals surface area contributed by atoms with Gasteiger partial charge in [0, 0.05) is 17.9 Å². The molecule has 0 saturated heterocycles. The topological polar surface area (TPSA) is 64.2 Å². The normalized spacial score (nSPS) is 16.1. The molecule has 1 atom stereocenters. The average Bonchev–Trinajstić information content (AvgIpc) is 3.05. The van der Waals surface area contributed by atoms with Crippen molar-refractivity contribution in [3.05, 3.63) is 77.1 Å². The number of fused-ring (bicyclic) bond motifs is 1. The first-order valence-electron chi connectivity index (χ1n) is 9.78. The molecule has 4 rings (SSSR count). The second-order valence-corrected chi connectivity index (χ2v) is 7.51. The number of benzene rings is 2. The predicted molar refractivity (Wildman–Crippen MR) is 112 cm³/mol. The number of carbonyl (C=O) groups is 1. The zero-order valence-electron chi connectivity index (χ0n) is 16.4. The number of para-hydroxylation sites is 1. The highest BCUT2D eigenvalue weighted by Gasteiger charge is 2.27. The summed E-state index contributed by atoms with van der Waals surface area (Å²) in [5, 5.41) is 4.52. The Morgan fingerprint density at radius 3 is 2.57 bits per heavy atom. The van der Waals surface area contributed by atoms with E-state index in [1.807, 2.05) is 65.9 Å².